The van der Waals surface area contributed by atoms with Crippen LogP contribution in [0.4, 0.5) is 0 Å². The summed E-state index contributed by atoms with van der Waals surface area (Å²) in [5.41, 5.74) is 0. The Bertz CT molecular complexity index is 225. The molecule has 0 aromatic heterocycles. The highest BCUT2D eigenvalue weighted by Gasteiger charge is 2.21. The van der Waals surface area contributed by atoms with Gasteiger partial charge in [0.15, 0.2) is 5.96 Å². The quantitative estimate of drug-likeness (QED) is 0.298. The van der Waals surface area contributed by atoms with E-state index in [0.29, 0.717) is 6.04 Å². The highest BCUT2D eigenvalue weighted by atomic mass is 127. The zero-order chi connectivity index (χ0) is 12.5. The Morgan fingerprint density at radius 3 is 2.39 bits per heavy atom. The Balaban J connectivity index is 0.00000289. The van der Waals surface area contributed by atoms with Gasteiger partial charge in [-0.15, -0.1) is 24.0 Å². The van der Waals surface area contributed by atoms with E-state index in [0.717, 1.165) is 45.1 Å². The predicted octanol–water partition coefficient (Wildman–Crippen LogP) is 2.05. The van der Waals surface area contributed by atoms with Crippen LogP contribution in [0, 0.1) is 0 Å². The van der Waals surface area contributed by atoms with E-state index in [9.17, 15) is 0 Å². The number of hydrogen-bond acceptors (Lipinski definition) is 2. The maximum absolute atomic E-state index is 4.60. The van der Waals surface area contributed by atoms with Crippen molar-refractivity contribution in [2.75, 3.05) is 32.7 Å². The molecule has 18 heavy (non-hydrogen) atoms. The van der Waals surface area contributed by atoms with Gasteiger partial charge in [-0.2, -0.15) is 0 Å². The molecule has 2 N–H and O–H groups in total. The van der Waals surface area contributed by atoms with Gasteiger partial charge in [-0.3, -0.25) is 4.99 Å². The lowest BCUT2D eigenvalue weighted by Crippen LogP contribution is -2.38. The Morgan fingerprint density at radius 2 is 1.89 bits per heavy atom. The van der Waals surface area contributed by atoms with Crippen LogP contribution in [-0.2, 0) is 0 Å². The van der Waals surface area contributed by atoms with Crippen LogP contribution in [0.25, 0.3) is 0 Å². The van der Waals surface area contributed by atoms with Gasteiger partial charge in [0.05, 0.1) is 0 Å². The van der Waals surface area contributed by atoms with E-state index in [1.165, 1.54) is 12.8 Å². The number of nitrogens with one attached hydrogen (secondary N) is 2. The topological polar surface area (TPSA) is 39.7 Å². The molecule has 1 rings (SSSR count). The molecular weight excluding hydrogens is 339 g/mol. The zero-order valence-corrected chi connectivity index (χ0v) is 14.4. The molecule has 5 heteroatoms. The third kappa shape index (κ3) is 8.13. The van der Waals surface area contributed by atoms with Gasteiger partial charge in [0.1, 0.15) is 0 Å². The minimum Gasteiger partial charge on any atom is -0.357 e. The van der Waals surface area contributed by atoms with E-state index in [1.54, 1.807) is 0 Å². The van der Waals surface area contributed by atoms with Crippen molar-refractivity contribution in [2.45, 2.75) is 46.1 Å². The van der Waals surface area contributed by atoms with Crippen LogP contribution in [0.3, 0.4) is 0 Å². The first kappa shape index (κ1) is 18.0. The SMILES string of the molecule is CCNC(=NCCCN(CC)CC)NC1CC1.I. The number of halogens is 1. The van der Waals surface area contributed by atoms with Gasteiger partial charge in [0, 0.05) is 19.1 Å². The fourth-order valence-corrected chi connectivity index (χ4v) is 1.77. The van der Waals surface area contributed by atoms with Gasteiger partial charge >= 0.3 is 0 Å². The van der Waals surface area contributed by atoms with E-state index >= 15 is 0 Å². The highest BCUT2D eigenvalue weighted by molar-refractivity contribution is 14.0. The monoisotopic (exact) mass is 368 g/mol. The molecule has 0 atom stereocenters. The summed E-state index contributed by atoms with van der Waals surface area (Å²) in [6, 6.07) is 0.676. The van der Waals surface area contributed by atoms with Crippen molar-refractivity contribution in [2.24, 2.45) is 4.99 Å². The third-order valence-electron chi connectivity index (χ3n) is 3.06. The molecule has 1 aliphatic carbocycles. The van der Waals surface area contributed by atoms with Crippen molar-refractivity contribution in [3.05, 3.63) is 0 Å². The van der Waals surface area contributed by atoms with E-state index in [1.807, 2.05) is 0 Å². The summed E-state index contributed by atoms with van der Waals surface area (Å²) < 4.78 is 0. The molecule has 0 spiro atoms. The van der Waals surface area contributed by atoms with Crippen molar-refractivity contribution in [3.63, 3.8) is 0 Å². The van der Waals surface area contributed by atoms with Crippen molar-refractivity contribution >= 4 is 29.9 Å². The van der Waals surface area contributed by atoms with Gasteiger partial charge in [-0.05, 0) is 45.8 Å². The van der Waals surface area contributed by atoms with Gasteiger partial charge in [-0.1, -0.05) is 13.8 Å². The lowest BCUT2D eigenvalue weighted by atomic mass is 10.4. The third-order valence-corrected chi connectivity index (χ3v) is 3.06. The van der Waals surface area contributed by atoms with Crippen molar-refractivity contribution in [1.29, 1.82) is 0 Å². The molecule has 4 nitrogen and oxygen atoms in total. The largest absolute Gasteiger partial charge is 0.357 e. The predicted molar refractivity (Wildman–Crippen MR) is 90.0 cm³/mol. The summed E-state index contributed by atoms with van der Waals surface area (Å²) in [5.74, 6) is 0.995. The van der Waals surface area contributed by atoms with E-state index in [-0.39, 0.29) is 24.0 Å². The van der Waals surface area contributed by atoms with Crippen LogP contribution < -0.4 is 10.6 Å². The van der Waals surface area contributed by atoms with Crippen LogP contribution in [-0.4, -0.2) is 49.6 Å². The Kier molecular flexibility index (Phi) is 10.8. The molecule has 0 aromatic rings. The van der Waals surface area contributed by atoms with Crippen LogP contribution in [0.15, 0.2) is 4.99 Å². The van der Waals surface area contributed by atoms with E-state index in [4.69, 9.17) is 0 Å². The second-order valence-electron chi connectivity index (χ2n) is 4.56. The van der Waals surface area contributed by atoms with Crippen LogP contribution in [0.5, 0.6) is 0 Å². The van der Waals surface area contributed by atoms with Gasteiger partial charge in [-0.25, -0.2) is 0 Å². The molecule has 0 amide bonds. The number of guanidine groups is 1. The summed E-state index contributed by atoms with van der Waals surface area (Å²) in [5, 5.41) is 6.73. The molecule has 0 bridgehead atoms. The fraction of sp³-hybridized carbons (Fsp3) is 0.923. The average molecular weight is 368 g/mol. The van der Waals surface area contributed by atoms with Gasteiger partial charge in [0.2, 0.25) is 0 Å². The van der Waals surface area contributed by atoms with Crippen LogP contribution in [0.2, 0.25) is 0 Å². The number of hydrogen-bond donors (Lipinski definition) is 2. The smallest absolute Gasteiger partial charge is 0.191 e. The summed E-state index contributed by atoms with van der Waals surface area (Å²) in [4.78, 5) is 7.04. The molecule has 108 valence electrons. The fourth-order valence-electron chi connectivity index (χ4n) is 1.77. The molecule has 1 saturated carbocycles. The Hall–Kier alpha value is -0.0400. The number of rotatable bonds is 8. The van der Waals surface area contributed by atoms with E-state index < -0.39 is 0 Å². The van der Waals surface area contributed by atoms with Crippen LogP contribution in [0.1, 0.15) is 40.0 Å². The van der Waals surface area contributed by atoms with Crippen molar-refractivity contribution in [3.8, 4) is 0 Å². The molecule has 1 fully saturated rings. The molecule has 0 heterocycles. The zero-order valence-electron chi connectivity index (χ0n) is 12.0. The first-order valence-electron chi connectivity index (χ1n) is 7.07. The Labute approximate surface area is 129 Å². The van der Waals surface area contributed by atoms with E-state index in [2.05, 4.69) is 41.3 Å². The van der Waals surface area contributed by atoms with Crippen molar-refractivity contribution in [1.82, 2.24) is 15.5 Å². The first-order valence-corrected chi connectivity index (χ1v) is 7.07. The molecule has 0 radical (unpaired) electrons. The molecule has 1 aliphatic rings. The minimum atomic E-state index is 0. The maximum Gasteiger partial charge on any atom is 0.191 e. The maximum atomic E-state index is 4.60. The summed E-state index contributed by atoms with van der Waals surface area (Å²) >= 11 is 0. The highest BCUT2D eigenvalue weighted by Crippen LogP contribution is 2.18. The number of nitrogens with zero attached hydrogens (tertiary/aromatic N) is 2. The first-order chi connectivity index (χ1) is 8.30. The van der Waals surface area contributed by atoms with Crippen molar-refractivity contribution < 1.29 is 0 Å². The molecular formula is C13H29IN4. The van der Waals surface area contributed by atoms with Crippen LogP contribution >= 0.6 is 24.0 Å². The van der Waals surface area contributed by atoms with Gasteiger partial charge in [0.25, 0.3) is 0 Å². The summed E-state index contributed by atoms with van der Waals surface area (Å²) in [6.07, 6.45) is 3.73. The minimum absolute atomic E-state index is 0. The number of aliphatic imine (C=N–C) groups is 1. The standard InChI is InChI=1S/C13H28N4.HI/c1-4-14-13(16-12-8-9-12)15-10-7-11-17(5-2)6-3;/h12H,4-11H2,1-3H3,(H2,14,15,16);1H. The molecule has 0 saturated heterocycles. The summed E-state index contributed by atoms with van der Waals surface area (Å²) in [6.45, 7) is 11.8. The lowest BCUT2D eigenvalue weighted by Gasteiger charge is -2.17. The molecule has 0 aromatic carbocycles. The second kappa shape index (κ2) is 10.8. The normalized spacial score (nSPS) is 15.4. The lowest BCUT2D eigenvalue weighted by molar-refractivity contribution is 0.302. The summed E-state index contributed by atoms with van der Waals surface area (Å²) in [7, 11) is 0. The molecule has 0 aliphatic heterocycles. The molecule has 0 unspecified atom stereocenters. The van der Waals surface area contributed by atoms with Gasteiger partial charge < -0.3 is 15.5 Å². The second-order valence-corrected chi connectivity index (χ2v) is 4.56. The average Bonchev–Trinajstić information content (AvgIpc) is 3.13. The Morgan fingerprint density at radius 1 is 1.22 bits per heavy atom.